The van der Waals surface area contributed by atoms with Gasteiger partial charge in [-0.05, 0) is 38.8 Å². The van der Waals surface area contributed by atoms with Crippen molar-refractivity contribution < 1.29 is 0 Å². The number of unbranched alkanes of at least 4 members (excludes halogenated alkanes) is 1. The first-order valence-electron chi connectivity index (χ1n) is 5.96. The van der Waals surface area contributed by atoms with Gasteiger partial charge in [0.2, 0.25) is 0 Å². The van der Waals surface area contributed by atoms with E-state index >= 15 is 0 Å². The molecule has 0 aliphatic carbocycles. The lowest BCUT2D eigenvalue weighted by molar-refractivity contribution is 0.218. The highest BCUT2D eigenvalue weighted by Gasteiger charge is 2.17. The fraction of sp³-hybridized carbons (Fsp3) is 0.833. The summed E-state index contributed by atoms with van der Waals surface area (Å²) in [4.78, 5) is 2.35. The van der Waals surface area contributed by atoms with Crippen molar-refractivity contribution in [3.8, 4) is 12.3 Å². The zero-order valence-electron chi connectivity index (χ0n) is 9.54. The number of terminal acetylenes is 1. The van der Waals surface area contributed by atoms with E-state index in [4.69, 9.17) is 12.2 Å². The van der Waals surface area contributed by atoms with Crippen LogP contribution in [0, 0.1) is 12.3 Å². The van der Waals surface area contributed by atoms with Crippen LogP contribution in [-0.2, 0) is 0 Å². The SMILES string of the molecule is C#CCN1CCC(NCCCCN)CC1. The van der Waals surface area contributed by atoms with Gasteiger partial charge < -0.3 is 11.1 Å². The van der Waals surface area contributed by atoms with Gasteiger partial charge in [-0.15, -0.1) is 6.42 Å². The molecule has 0 aromatic carbocycles. The summed E-state index contributed by atoms with van der Waals surface area (Å²) in [6.45, 7) is 5.00. The van der Waals surface area contributed by atoms with Crippen molar-refractivity contribution >= 4 is 0 Å². The predicted molar refractivity (Wildman–Crippen MR) is 64.6 cm³/mol. The van der Waals surface area contributed by atoms with Crippen LogP contribution in [-0.4, -0.2) is 43.7 Å². The second-order valence-corrected chi connectivity index (χ2v) is 4.20. The van der Waals surface area contributed by atoms with Crippen LogP contribution in [0.2, 0.25) is 0 Å². The minimum atomic E-state index is 0.691. The summed E-state index contributed by atoms with van der Waals surface area (Å²) < 4.78 is 0. The van der Waals surface area contributed by atoms with Gasteiger partial charge in [-0.2, -0.15) is 0 Å². The molecule has 0 spiro atoms. The van der Waals surface area contributed by atoms with E-state index in [1.807, 2.05) is 0 Å². The maximum absolute atomic E-state index is 5.45. The summed E-state index contributed by atoms with van der Waals surface area (Å²) in [5.41, 5.74) is 5.45. The van der Waals surface area contributed by atoms with Crippen molar-refractivity contribution in [2.24, 2.45) is 5.73 Å². The van der Waals surface area contributed by atoms with Gasteiger partial charge in [0, 0.05) is 19.1 Å². The molecule has 0 atom stereocenters. The van der Waals surface area contributed by atoms with Crippen LogP contribution < -0.4 is 11.1 Å². The molecular formula is C12H23N3. The summed E-state index contributed by atoms with van der Waals surface area (Å²) in [6.07, 6.45) is 10.1. The lowest BCUT2D eigenvalue weighted by Gasteiger charge is -2.31. The average molecular weight is 209 g/mol. The molecule has 1 fully saturated rings. The molecule has 86 valence electrons. The molecule has 0 bridgehead atoms. The third kappa shape index (κ3) is 5.17. The maximum Gasteiger partial charge on any atom is 0.0598 e. The van der Waals surface area contributed by atoms with Crippen LogP contribution in [0.1, 0.15) is 25.7 Å². The van der Waals surface area contributed by atoms with Crippen LogP contribution in [0.5, 0.6) is 0 Å². The first kappa shape index (κ1) is 12.5. The molecule has 1 aliphatic rings. The van der Waals surface area contributed by atoms with Gasteiger partial charge in [-0.25, -0.2) is 0 Å². The van der Waals surface area contributed by atoms with Gasteiger partial charge in [0.25, 0.3) is 0 Å². The largest absolute Gasteiger partial charge is 0.330 e. The fourth-order valence-corrected chi connectivity index (χ4v) is 2.00. The monoisotopic (exact) mass is 209 g/mol. The lowest BCUT2D eigenvalue weighted by atomic mass is 10.0. The standard InChI is InChI=1S/C12H23N3/c1-2-9-15-10-5-12(6-11-15)14-8-4-3-7-13/h1,12,14H,3-11,13H2. The summed E-state index contributed by atoms with van der Waals surface area (Å²) in [6, 6.07) is 0.691. The Bertz CT molecular complexity index is 190. The molecule has 3 nitrogen and oxygen atoms in total. The molecule has 15 heavy (non-hydrogen) atoms. The minimum Gasteiger partial charge on any atom is -0.330 e. The molecule has 0 aromatic heterocycles. The number of hydrogen-bond acceptors (Lipinski definition) is 3. The highest BCUT2D eigenvalue weighted by Crippen LogP contribution is 2.09. The van der Waals surface area contributed by atoms with Crippen LogP contribution in [0.15, 0.2) is 0 Å². The van der Waals surface area contributed by atoms with Crippen molar-refractivity contribution in [2.75, 3.05) is 32.7 Å². The Labute approximate surface area is 93.4 Å². The van der Waals surface area contributed by atoms with Crippen LogP contribution >= 0.6 is 0 Å². The number of nitrogens with zero attached hydrogens (tertiary/aromatic N) is 1. The first-order chi connectivity index (χ1) is 7.36. The van der Waals surface area contributed by atoms with Crippen LogP contribution in [0.3, 0.4) is 0 Å². The number of nitrogens with two attached hydrogens (primary N) is 1. The van der Waals surface area contributed by atoms with Crippen molar-refractivity contribution in [3.63, 3.8) is 0 Å². The highest BCUT2D eigenvalue weighted by molar-refractivity contribution is 4.90. The van der Waals surface area contributed by atoms with E-state index in [-0.39, 0.29) is 0 Å². The van der Waals surface area contributed by atoms with E-state index in [1.165, 1.54) is 19.3 Å². The normalized spacial score (nSPS) is 18.9. The van der Waals surface area contributed by atoms with Crippen molar-refractivity contribution in [2.45, 2.75) is 31.7 Å². The van der Waals surface area contributed by atoms with Crippen molar-refractivity contribution in [1.29, 1.82) is 0 Å². The fourth-order valence-electron chi connectivity index (χ4n) is 2.00. The van der Waals surface area contributed by atoms with E-state index in [9.17, 15) is 0 Å². The summed E-state index contributed by atoms with van der Waals surface area (Å²) in [5.74, 6) is 2.70. The third-order valence-electron chi connectivity index (χ3n) is 2.97. The smallest absolute Gasteiger partial charge is 0.0598 e. The molecule has 1 rings (SSSR count). The molecule has 0 unspecified atom stereocenters. The number of nitrogens with one attached hydrogen (secondary N) is 1. The Morgan fingerprint density at radius 1 is 1.33 bits per heavy atom. The quantitative estimate of drug-likeness (QED) is 0.492. The summed E-state index contributed by atoms with van der Waals surface area (Å²) >= 11 is 0. The van der Waals surface area contributed by atoms with E-state index in [0.717, 1.165) is 39.1 Å². The molecular weight excluding hydrogens is 186 g/mol. The molecule has 3 heteroatoms. The zero-order valence-corrected chi connectivity index (χ0v) is 9.54. The van der Waals surface area contributed by atoms with Crippen LogP contribution in [0.25, 0.3) is 0 Å². The third-order valence-corrected chi connectivity index (χ3v) is 2.97. The molecule has 0 saturated carbocycles. The molecule has 1 aliphatic heterocycles. The van der Waals surface area contributed by atoms with E-state index in [1.54, 1.807) is 0 Å². The van der Waals surface area contributed by atoms with Crippen molar-refractivity contribution in [1.82, 2.24) is 10.2 Å². The zero-order chi connectivity index (χ0) is 10.9. The topological polar surface area (TPSA) is 41.3 Å². The van der Waals surface area contributed by atoms with Gasteiger partial charge in [-0.1, -0.05) is 5.92 Å². The van der Waals surface area contributed by atoms with Gasteiger partial charge >= 0.3 is 0 Å². The number of piperidine rings is 1. The van der Waals surface area contributed by atoms with Crippen LogP contribution in [0.4, 0.5) is 0 Å². The van der Waals surface area contributed by atoms with Gasteiger partial charge in [0.1, 0.15) is 0 Å². The molecule has 1 saturated heterocycles. The molecule has 3 N–H and O–H groups in total. The Hall–Kier alpha value is -0.560. The van der Waals surface area contributed by atoms with E-state index < -0.39 is 0 Å². The Balaban J connectivity index is 2.02. The van der Waals surface area contributed by atoms with Gasteiger partial charge in [0.15, 0.2) is 0 Å². The molecule has 1 heterocycles. The second-order valence-electron chi connectivity index (χ2n) is 4.20. The number of likely N-dealkylation sites (tertiary alicyclic amines) is 1. The van der Waals surface area contributed by atoms with Gasteiger partial charge in [-0.3, -0.25) is 4.90 Å². The summed E-state index contributed by atoms with van der Waals surface area (Å²) in [5, 5.41) is 3.59. The van der Waals surface area contributed by atoms with E-state index in [2.05, 4.69) is 16.1 Å². The maximum atomic E-state index is 5.45. The molecule has 0 aromatic rings. The summed E-state index contributed by atoms with van der Waals surface area (Å²) in [7, 11) is 0. The van der Waals surface area contributed by atoms with Crippen molar-refractivity contribution in [3.05, 3.63) is 0 Å². The number of rotatable bonds is 6. The Kier molecular flexibility index (Phi) is 6.42. The molecule has 0 amide bonds. The number of hydrogen-bond donors (Lipinski definition) is 2. The molecule has 0 radical (unpaired) electrons. The minimum absolute atomic E-state index is 0.691. The average Bonchev–Trinajstić information content (AvgIpc) is 2.27. The first-order valence-corrected chi connectivity index (χ1v) is 5.96. The lowest BCUT2D eigenvalue weighted by Crippen LogP contribution is -2.42. The highest BCUT2D eigenvalue weighted by atomic mass is 15.1. The van der Waals surface area contributed by atoms with E-state index in [0.29, 0.717) is 6.04 Å². The Morgan fingerprint density at radius 3 is 2.67 bits per heavy atom. The second kappa shape index (κ2) is 7.70. The Morgan fingerprint density at radius 2 is 2.07 bits per heavy atom. The predicted octanol–water partition coefficient (Wildman–Crippen LogP) is 0.413. The van der Waals surface area contributed by atoms with Gasteiger partial charge in [0.05, 0.1) is 6.54 Å².